The van der Waals surface area contributed by atoms with Crippen molar-refractivity contribution in [2.75, 3.05) is 11.9 Å². The van der Waals surface area contributed by atoms with Gasteiger partial charge in [0.2, 0.25) is 5.13 Å². The number of furan rings is 1. The summed E-state index contributed by atoms with van der Waals surface area (Å²) in [6, 6.07) is 5.24. The first kappa shape index (κ1) is 15.2. The molecule has 3 aromatic rings. The van der Waals surface area contributed by atoms with Crippen LogP contribution in [-0.2, 0) is 6.54 Å². The zero-order valence-electron chi connectivity index (χ0n) is 12.7. The number of anilines is 1. The number of nitrogens with one attached hydrogen (secondary N) is 2. The van der Waals surface area contributed by atoms with Crippen LogP contribution in [-0.4, -0.2) is 32.6 Å². The molecule has 0 spiro atoms. The molecule has 0 saturated carbocycles. The molecule has 0 aromatic carbocycles. The Kier molecular flexibility index (Phi) is 4.38. The smallest absolute Gasteiger partial charge is 0.321 e. The van der Waals surface area contributed by atoms with E-state index in [1.807, 2.05) is 24.6 Å². The summed E-state index contributed by atoms with van der Waals surface area (Å²) in [6.45, 7) is 5.01. The molecule has 0 saturated heterocycles. The van der Waals surface area contributed by atoms with Gasteiger partial charge in [-0.1, -0.05) is 11.3 Å². The zero-order valence-corrected chi connectivity index (χ0v) is 13.6. The summed E-state index contributed by atoms with van der Waals surface area (Å²) in [5.41, 5.74) is 2.03. The fourth-order valence-corrected chi connectivity index (χ4v) is 2.80. The largest absolute Gasteiger partial charge is 0.462 e. The van der Waals surface area contributed by atoms with E-state index in [0.717, 1.165) is 11.4 Å². The molecule has 0 fully saturated rings. The third kappa shape index (κ3) is 3.75. The van der Waals surface area contributed by atoms with Crippen LogP contribution in [0.25, 0.3) is 10.8 Å². The minimum atomic E-state index is -0.325. The molecule has 3 rings (SSSR count). The number of urea groups is 1. The Morgan fingerprint density at radius 1 is 1.39 bits per heavy atom. The summed E-state index contributed by atoms with van der Waals surface area (Å²) >= 11 is 1.25. The molecule has 8 nitrogen and oxygen atoms in total. The van der Waals surface area contributed by atoms with Crippen LogP contribution < -0.4 is 10.6 Å². The van der Waals surface area contributed by atoms with Crippen LogP contribution in [0.1, 0.15) is 11.4 Å². The molecule has 23 heavy (non-hydrogen) atoms. The fraction of sp³-hybridized carbons (Fsp3) is 0.286. The maximum atomic E-state index is 11.9. The summed E-state index contributed by atoms with van der Waals surface area (Å²) in [7, 11) is 0. The first-order valence-electron chi connectivity index (χ1n) is 7.05. The number of nitrogens with zero attached hydrogens (tertiary/aromatic N) is 4. The fourth-order valence-electron chi connectivity index (χ4n) is 2.09. The van der Waals surface area contributed by atoms with Gasteiger partial charge in [0.05, 0.1) is 18.5 Å². The molecule has 0 aliphatic rings. The van der Waals surface area contributed by atoms with Gasteiger partial charge in [-0.25, -0.2) is 4.79 Å². The Morgan fingerprint density at radius 2 is 2.26 bits per heavy atom. The van der Waals surface area contributed by atoms with Crippen molar-refractivity contribution in [3.05, 3.63) is 35.9 Å². The molecule has 2 N–H and O–H groups in total. The number of hydrogen-bond donors (Lipinski definition) is 2. The topological polar surface area (TPSA) is 97.9 Å². The van der Waals surface area contributed by atoms with E-state index >= 15 is 0 Å². The molecule has 2 amide bonds. The summed E-state index contributed by atoms with van der Waals surface area (Å²) in [4.78, 5) is 11.9. The average Bonchev–Trinajstić information content (AvgIpc) is 3.21. The molecular formula is C14H16N6O2S. The Balaban J connectivity index is 1.49. The number of aromatic nitrogens is 4. The highest BCUT2D eigenvalue weighted by atomic mass is 32.1. The molecule has 3 aromatic heterocycles. The molecule has 120 valence electrons. The van der Waals surface area contributed by atoms with Gasteiger partial charge in [0.25, 0.3) is 0 Å². The maximum Gasteiger partial charge on any atom is 0.321 e. The van der Waals surface area contributed by atoms with Gasteiger partial charge in [0.15, 0.2) is 10.8 Å². The van der Waals surface area contributed by atoms with Crippen molar-refractivity contribution in [2.24, 2.45) is 0 Å². The molecule has 9 heteroatoms. The zero-order chi connectivity index (χ0) is 16.2. The molecule has 3 heterocycles. The normalized spacial score (nSPS) is 10.7. The standard InChI is InChI=1S/C14H16N6O2S/c1-9-8-10(2)20(19-9)6-5-15-13(21)16-14-18-17-12(23-14)11-4-3-7-22-11/h3-4,7-8H,5-6H2,1-2H3,(H2,15,16,18,21). The van der Waals surface area contributed by atoms with Gasteiger partial charge in [-0.05, 0) is 32.0 Å². The highest BCUT2D eigenvalue weighted by Gasteiger charge is 2.11. The minimum absolute atomic E-state index is 0.325. The number of hydrogen-bond acceptors (Lipinski definition) is 6. The third-order valence-corrected chi connectivity index (χ3v) is 3.94. The lowest BCUT2D eigenvalue weighted by Gasteiger charge is -2.06. The van der Waals surface area contributed by atoms with Crippen LogP contribution in [0.2, 0.25) is 0 Å². The summed E-state index contributed by atoms with van der Waals surface area (Å²) in [5, 5.41) is 18.7. The Morgan fingerprint density at radius 3 is 2.96 bits per heavy atom. The molecule has 0 atom stereocenters. The van der Waals surface area contributed by atoms with Gasteiger partial charge >= 0.3 is 6.03 Å². The van der Waals surface area contributed by atoms with Crippen molar-refractivity contribution in [1.82, 2.24) is 25.3 Å². The van der Waals surface area contributed by atoms with Crippen LogP contribution >= 0.6 is 11.3 Å². The van der Waals surface area contributed by atoms with Gasteiger partial charge < -0.3 is 9.73 Å². The quantitative estimate of drug-likeness (QED) is 0.748. The minimum Gasteiger partial charge on any atom is -0.462 e. The van der Waals surface area contributed by atoms with E-state index in [9.17, 15) is 4.79 Å². The van der Waals surface area contributed by atoms with E-state index in [-0.39, 0.29) is 6.03 Å². The molecule has 0 unspecified atom stereocenters. The van der Waals surface area contributed by atoms with Gasteiger partial charge in [-0.15, -0.1) is 10.2 Å². The van der Waals surface area contributed by atoms with E-state index in [0.29, 0.717) is 29.0 Å². The predicted molar refractivity (Wildman–Crippen MR) is 86.3 cm³/mol. The SMILES string of the molecule is Cc1cc(C)n(CCNC(=O)Nc2nnc(-c3ccco3)s2)n1. The van der Waals surface area contributed by atoms with Crippen LogP contribution in [0.4, 0.5) is 9.93 Å². The maximum absolute atomic E-state index is 11.9. The highest BCUT2D eigenvalue weighted by Crippen LogP contribution is 2.26. The molecule has 0 aliphatic carbocycles. The van der Waals surface area contributed by atoms with Crippen LogP contribution in [0.15, 0.2) is 28.9 Å². The lowest BCUT2D eigenvalue weighted by Crippen LogP contribution is -2.31. The van der Waals surface area contributed by atoms with Crippen LogP contribution in [0.3, 0.4) is 0 Å². The Bertz CT molecular complexity index is 792. The third-order valence-electron chi connectivity index (χ3n) is 3.09. The molecule has 0 bridgehead atoms. The second kappa shape index (κ2) is 6.61. The van der Waals surface area contributed by atoms with Gasteiger partial charge in [0, 0.05) is 12.2 Å². The van der Waals surface area contributed by atoms with Crippen LogP contribution in [0.5, 0.6) is 0 Å². The van der Waals surface area contributed by atoms with E-state index in [2.05, 4.69) is 25.9 Å². The Labute approximate surface area is 136 Å². The van der Waals surface area contributed by atoms with E-state index in [1.54, 1.807) is 18.4 Å². The lowest BCUT2D eigenvalue weighted by molar-refractivity contribution is 0.251. The number of carbonyl (C=O) groups is 1. The average molecular weight is 332 g/mol. The highest BCUT2D eigenvalue weighted by molar-refractivity contribution is 7.18. The van der Waals surface area contributed by atoms with Gasteiger partial charge in [0.1, 0.15) is 0 Å². The van der Waals surface area contributed by atoms with E-state index in [1.165, 1.54) is 11.3 Å². The summed E-state index contributed by atoms with van der Waals surface area (Å²) in [5.74, 6) is 0.625. The number of carbonyl (C=O) groups excluding carboxylic acids is 1. The molecular weight excluding hydrogens is 316 g/mol. The first-order chi connectivity index (χ1) is 11.1. The van der Waals surface area contributed by atoms with E-state index in [4.69, 9.17) is 4.42 Å². The second-order valence-corrected chi connectivity index (χ2v) is 5.90. The van der Waals surface area contributed by atoms with Crippen molar-refractivity contribution in [2.45, 2.75) is 20.4 Å². The lowest BCUT2D eigenvalue weighted by atomic mass is 10.4. The van der Waals surface area contributed by atoms with Crippen molar-refractivity contribution < 1.29 is 9.21 Å². The van der Waals surface area contributed by atoms with Crippen molar-refractivity contribution >= 4 is 22.5 Å². The molecule has 0 aliphatic heterocycles. The number of aryl methyl sites for hydroxylation is 2. The van der Waals surface area contributed by atoms with Gasteiger partial charge in [-0.3, -0.25) is 10.00 Å². The summed E-state index contributed by atoms with van der Waals surface area (Å²) in [6.07, 6.45) is 1.57. The Hall–Kier alpha value is -2.68. The number of rotatable bonds is 5. The first-order valence-corrected chi connectivity index (χ1v) is 7.87. The van der Waals surface area contributed by atoms with Gasteiger partial charge in [-0.2, -0.15) is 5.10 Å². The second-order valence-electron chi connectivity index (χ2n) is 4.92. The van der Waals surface area contributed by atoms with E-state index < -0.39 is 0 Å². The van der Waals surface area contributed by atoms with Crippen LogP contribution in [0, 0.1) is 13.8 Å². The molecule has 0 radical (unpaired) electrons. The van der Waals surface area contributed by atoms with Crippen molar-refractivity contribution in [3.8, 4) is 10.8 Å². The monoisotopic (exact) mass is 332 g/mol. The van der Waals surface area contributed by atoms with Crippen molar-refractivity contribution in [3.63, 3.8) is 0 Å². The predicted octanol–water partition coefficient (Wildman–Crippen LogP) is 2.43. The summed E-state index contributed by atoms with van der Waals surface area (Å²) < 4.78 is 7.09. The number of amides is 2. The van der Waals surface area contributed by atoms with Crippen molar-refractivity contribution in [1.29, 1.82) is 0 Å².